The van der Waals surface area contributed by atoms with E-state index in [4.69, 9.17) is 10.2 Å². The third-order valence-electron chi connectivity index (χ3n) is 1.64. The lowest BCUT2D eigenvalue weighted by Gasteiger charge is -1.91. The smallest absolute Gasteiger partial charge is 0.157 e. The minimum Gasteiger partial charge on any atom is -0.504 e. The van der Waals surface area contributed by atoms with Gasteiger partial charge < -0.3 is 10.2 Å². The molecule has 0 unspecified atom stereocenters. The highest BCUT2D eigenvalue weighted by Crippen LogP contribution is 2.21. The lowest BCUT2D eigenvalue weighted by Crippen LogP contribution is -1.63. The van der Waals surface area contributed by atoms with Crippen molar-refractivity contribution in [3.05, 3.63) is 54.6 Å². The van der Waals surface area contributed by atoms with Gasteiger partial charge >= 0.3 is 0 Å². The predicted molar refractivity (Wildman–Crippen MR) is 63.5 cm³/mol. The standard InChI is InChI=1S/C6H6O2.C6H6S/c7-5-3-1-2-4-6(5)8;7-6-4-2-1-3-5-6/h1-4,7-8H;1-5,7H. The van der Waals surface area contributed by atoms with Crippen LogP contribution in [0, 0.1) is 0 Å². The Morgan fingerprint density at radius 2 is 1.07 bits per heavy atom. The normalized spacial score (nSPS) is 8.87. The van der Waals surface area contributed by atoms with Crippen LogP contribution < -0.4 is 0 Å². The molecule has 15 heavy (non-hydrogen) atoms. The van der Waals surface area contributed by atoms with Crippen molar-refractivity contribution in [2.24, 2.45) is 0 Å². The summed E-state index contributed by atoms with van der Waals surface area (Å²) in [6.45, 7) is 0. The van der Waals surface area contributed by atoms with Gasteiger partial charge in [-0.3, -0.25) is 0 Å². The largest absolute Gasteiger partial charge is 0.504 e. The molecule has 2 N–H and O–H groups in total. The van der Waals surface area contributed by atoms with Gasteiger partial charge in [0, 0.05) is 4.90 Å². The first-order valence-electron chi connectivity index (χ1n) is 4.41. The van der Waals surface area contributed by atoms with Crippen molar-refractivity contribution in [2.45, 2.75) is 4.90 Å². The molecule has 2 nitrogen and oxygen atoms in total. The molecule has 0 atom stereocenters. The molecule has 0 aromatic heterocycles. The first-order valence-corrected chi connectivity index (χ1v) is 4.86. The summed E-state index contributed by atoms with van der Waals surface area (Å²) >= 11 is 4.08. The average Bonchev–Trinajstić information content (AvgIpc) is 2.25. The molecule has 0 bridgehead atoms. The van der Waals surface area contributed by atoms with Crippen molar-refractivity contribution in [2.75, 3.05) is 0 Å². The van der Waals surface area contributed by atoms with Crippen LogP contribution in [0.2, 0.25) is 0 Å². The molecule has 0 saturated carbocycles. The Hall–Kier alpha value is -1.61. The van der Waals surface area contributed by atoms with E-state index < -0.39 is 0 Å². The fourth-order valence-corrected chi connectivity index (χ4v) is 1.06. The number of thiol groups is 1. The summed E-state index contributed by atoms with van der Waals surface area (Å²) in [6, 6.07) is 15.9. The molecule has 0 fully saturated rings. The second-order valence-electron chi connectivity index (χ2n) is 2.82. The molecular formula is C12H12O2S. The molecule has 3 heteroatoms. The second kappa shape index (κ2) is 5.98. The minimum atomic E-state index is -0.0764. The Kier molecular flexibility index (Phi) is 4.57. The summed E-state index contributed by atoms with van der Waals surface area (Å²) in [6.07, 6.45) is 0. The van der Waals surface area contributed by atoms with Crippen LogP contribution >= 0.6 is 12.6 Å². The highest BCUT2D eigenvalue weighted by Gasteiger charge is 1.90. The maximum Gasteiger partial charge on any atom is 0.157 e. The monoisotopic (exact) mass is 220 g/mol. The van der Waals surface area contributed by atoms with E-state index in [1.54, 1.807) is 12.1 Å². The number of rotatable bonds is 0. The zero-order chi connectivity index (χ0) is 11.1. The van der Waals surface area contributed by atoms with E-state index in [1.807, 2.05) is 30.3 Å². The Balaban J connectivity index is 0.000000151. The summed E-state index contributed by atoms with van der Waals surface area (Å²) in [5, 5.41) is 17.3. The zero-order valence-corrected chi connectivity index (χ0v) is 8.93. The van der Waals surface area contributed by atoms with Crippen LogP contribution in [-0.2, 0) is 0 Å². The molecule has 0 heterocycles. The van der Waals surface area contributed by atoms with Crippen LogP contribution in [0.3, 0.4) is 0 Å². The van der Waals surface area contributed by atoms with Gasteiger partial charge in [0.05, 0.1) is 0 Å². The van der Waals surface area contributed by atoms with Crippen molar-refractivity contribution >= 4 is 12.6 Å². The molecule has 0 amide bonds. The third kappa shape index (κ3) is 4.42. The fraction of sp³-hybridized carbons (Fsp3) is 0. The van der Waals surface area contributed by atoms with Crippen molar-refractivity contribution in [1.82, 2.24) is 0 Å². The number of para-hydroxylation sites is 2. The number of hydrogen-bond acceptors (Lipinski definition) is 3. The van der Waals surface area contributed by atoms with Crippen molar-refractivity contribution in [3.8, 4) is 11.5 Å². The van der Waals surface area contributed by atoms with Crippen LogP contribution in [-0.4, -0.2) is 10.2 Å². The van der Waals surface area contributed by atoms with Gasteiger partial charge in [-0.05, 0) is 24.3 Å². The van der Waals surface area contributed by atoms with E-state index >= 15 is 0 Å². The second-order valence-corrected chi connectivity index (χ2v) is 3.34. The van der Waals surface area contributed by atoms with Gasteiger partial charge in [-0.25, -0.2) is 0 Å². The predicted octanol–water partition coefficient (Wildman–Crippen LogP) is 3.07. The van der Waals surface area contributed by atoms with E-state index in [-0.39, 0.29) is 11.5 Å². The number of aromatic hydroxyl groups is 2. The highest BCUT2D eigenvalue weighted by atomic mass is 32.1. The molecule has 78 valence electrons. The highest BCUT2D eigenvalue weighted by molar-refractivity contribution is 7.80. The number of phenolic OH excluding ortho intramolecular Hbond substituents is 2. The Morgan fingerprint density at radius 1 is 0.667 bits per heavy atom. The van der Waals surface area contributed by atoms with Gasteiger partial charge in [0.15, 0.2) is 11.5 Å². The van der Waals surface area contributed by atoms with E-state index in [0.717, 1.165) is 4.90 Å². The van der Waals surface area contributed by atoms with Crippen molar-refractivity contribution < 1.29 is 10.2 Å². The van der Waals surface area contributed by atoms with Crippen LogP contribution in [0.4, 0.5) is 0 Å². The van der Waals surface area contributed by atoms with Crippen LogP contribution in [0.5, 0.6) is 11.5 Å². The molecule has 0 aliphatic heterocycles. The summed E-state index contributed by atoms with van der Waals surface area (Å²) in [5.74, 6) is -0.153. The lowest BCUT2D eigenvalue weighted by atomic mass is 10.3. The molecule has 0 aliphatic carbocycles. The summed E-state index contributed by atoms with van der Waals surface area (Å²) < 4.78 is 0. The van der Waals surface area contributed by atoms with Gasteiger partial charge in [0.1, 0.15) is 0 Å². The van der Waals surface area contributed by atoms with Crippen LogP contribution in [0.25, 0.3) is 0 Å². The Bertz CT molecular complexity index is 380. The number of phenols is 2. The van der Waals surface area contributed by atoms with Gasteiger partial charge in [-0.2, -0.15) is 0 Å². The molecule has 2 aromatic carbocycles. The first-order chi connectivity index (χ1) is 7.20. The van der Waals surface area contributed by atoms with Crippen LogP contribution in [0.15, 0.2) is 59.5 Å². The first kappa shape index (κ1) is 11.5. The van der Waals surface area contributed by atoms with E-state index in [2.05, 4.69) is 12.6 Å². The molecule has 0 radical (unpaired) electrons. The van der Waals surface area contributed by atoms with E-state index in [9.17, 15) is 0 Å². The lowest BCUT2D eigenvalue weighted by molar-refractivity contribution is 0.404. The Morgan fingerprint density at radius 3 is 1.33 bits per heavy atom. The molecule has 2 rings (SSSR count). The molecule has 0 saturated heterocycles. The number of hydrogen-bond donors (Lipinski definition) is 3. The average molecular weight is 220 g/mol. The summed E-state index contributed by atoms with van der Waals surface area (Å²) in [7, 11) is 0. The van der Waals surface area contributed by atoms with Crippen LogP contribution in [0.1, 0.15) is 0 Å². The maximum absolute atomic E-state index is 8.67. The van der Waals surface area contributed by atoms with Gasteiger partial charge in [0.2, 0.25) is 0 Å². The summed E-state index contributed by atoms with van der Waals surface area (Å²) in [4.78, 5) is 1.02. The topological polar surface area (TPSA) is 40.5 Å². The SMILES string of the molecule is Oc1ccccc1O.Sc1ccccc1. The van der Waals surface area contributed by atoms with Gasteiger partial charge in [-0.15, -0.1) is 12.6 Å². The quantitative estimate of drug-likeness (QED) is 0.471. The molecular weight excluding hydrogens is 208 g/mol. The molecule has 2 aromatic rings. The number of benzene rings is 2. The molecule has 0 aliphatic rings. The summed E-state index contributed by atoms with van der Waals surface area (Å²) in [5.41, 5.74) is 0. The van der Waals surface area contributed by atoms with E-state index in [1.165, 1.54) is 12.1 Å². The van der Waals surface area contributed by atoms with Crippen molar-refractivity contribution in [1.29, 1.82) is 0 Å². The van der Waals surface area contributed by atoms with E-state index in [0.29, 0.717) is 0 Å². The molecule has 0 spiro atoms. The third-order valence-corrected chi connectivity index (χ3v) is 1.94. The van der Waals surface area contributed by atoms with Crippen molar-refractivity contribution in [3.63, 3.8) is 0 Å². The fourth-order valence-electron chi connectivity index (χ4n) is 0.892. The van der Waals surface area contributed by atoms with Gasteiger partial charge in [-0.1, -0.05) is 30.3 Å². The Labute approximate surface area is 94.2 Å². The minimum absolute atomic E-state index is 0.0764. The van der Waals surface area contributed by atoms with Gasteiger partial charge in [0.25, 0.3) is 0 Å². The maximum atomic E-state index is 8.67. The zero-order valence-electron chi connectivity index (χ0n) is 8.04.